The molecule has 7 heteroatoms. The van der Waals surface area contributed by atoms with Crippen molar-refractivity contribution in [3.05, 3.63) is 59.8 Å². The van der Waals surface area contributed by atoms with Gasteiger partial charge in [-0.05, 0) is 55.0 Å². The van der Waals surface area contributed by atoms with Gasteiger partial charge in [-0.15, -0.1) is 0 Å². The Morgan fingerprint density at radius 1 is 1.16 bits per heavy atom. The Kier molecular flexibility index (Phi) is 6.97. The molecule has 1 saturated heterocycles. The SMILES string of the molecule is COc1cccc(OCCO)c1CCN1CCC(n2ccc3ccc(C(N)=O)cc32)CC1. The number of aliphatic hydroxyl groups is 1. The molecule has 1 amide bonds. The highest BCUT2D eigenvalue weighted by atomic mass is 16.5. The van der Waals surface area contributed by atoms with Crippen LogP contribution in [0.25, 0.3) is 10.9 Å². The Bertz CT molecular complexity index is 1070. The number of primary amides is 1. The van der Waals surface area contributed by atoms with Crippen molar-refractivity contribution in [2.45, 2.75) is 25.3 Å². The lowest BCUT2D eigenvalue weighted by Crippen LogP contribution is -2.36. The van der Waals surface area contributed by atoms with E-state index in [-0.39, 0.29) is 13.2 Å². The van der Waals surface area contributed by atoms with Crippen LogP contribution in [0.4, 0.5) is 0 Å². The molecule has 1 aliphatic heterocycles. The van der Waals surface area contributed by atoms with Crippen LogP contribution in [0.5, 0.6) is 11.5 Å². The maximum Gasteiger partial charge on any atom is 0.248 e. The van der Waals surface area contributed by atoms with Crippen molar-refractivity contribution in [1.82, 2.24) is 9.47 Å². The van der Waals surface area contributed by atoms with Crippen molar-refractivity contribution in [3.8, 4) is 11.5 Å². The minimum absolute atomic E-state index is 0.0147. The highest BCUT2D eigenvalue weighted by Crippen LogP contribution is 2.31. The zero-order chi connectivity index (χ0) is 22.5. The number of carbonyl (C=O) groups is 1. The van der Waals surface area contributed by atoms with Crippen molar-refractivity contribution < 1.29 is 19.4 Å². The lowest BCUT2D eigenvalue weighted by atomic mass is 10.0. The standard InChI is InChI=1S/C25H31N3O4/c1-31-23-3-2-4-24(32-16-15-29)21(23)10-13-27-11-8-20(9-12-27)28-14-7-18-5-6-19(25(26)30)17-22(18)28/h2-7,14,17,20,29H,8-13,15-16H2,1H3,(H2,26,30). The minimum atomic E-state index is -0.395. The smallest absolute Gasteiger partial charge is 0.248 e. The predicted octanol–water partition coefficient (Wildman–Crippen LogP) is 3.00. The summed E-state index contributed by atoms with van der Waals surface area (Å²) in [7, 11) is 1.67. The summed E-state index contributed by atoms with van der Waals surface area (Å²) in [6, 6.07) is 13.9. The van der Waals surface area contributed by atoms with Crippen molar-refractivity contribution >= 4 is 16.8 Å². The van der Waals surface area contributed by atoms with Gasteiger partial charge in [0.25, 0.3) is 0 Å². The number of ether oxygens (including phenoxy) is 2. The number of nitrogens with two attached hydrogens (primary N) is 1. The van der Waals surface area contributed by atoms with E-state index >= 15 is 0 Å². The number of nitrogens with zero attached hydrogens (tertiary/aromatic N) is 2. The van der Waals surface area contributed by atoms with Gasteiger partial charge in [0.15, 0.2) is 0 Å². The van der Waals surface area contributed by atoms with Crippen LogP contribution >= 0.6 is 0 Å². The van der Waals surface area contributed by atoms with Gasteiger partial charge in [-0.3, -0.25) is 4.79 Å². The maximum absolute atomic E-state index is 11.6. The van der Waals surface area contributed by atoms with Crippen molar-refractivity contribution in [3.63, 3.8) is 0 Å². The molecule has 2 aromatic carbocycles. The predicted molar refractivity (Wildman–Crippen MR) is 124 cm³/mol. The Labute approximate surface area is 188 Å². The molecule has 0 saturated carbocycles. The highest BCUT2D eigenvalue weighted by molar-refractivity contribution is 5.97. The van der Waals surface area contributed by atoms with Crippen molar-refractivity contribution in [2.24, 2.45) is 5.73 Å². The summed E-state index contributed by atoms with van der Waals surface area (Å²) in [5.41, 5.74) is 8.13. The second kappa shape index (κ2) is 10.1. The third-order valence-corrected chi connectivity index (χ3v) is 6.30. The van der Waals surface area contributed by atoms with Gasteiger partial charge in [-0.1, -0.05) is 12.1 Å². The molecular weight excluding hydrogens is 406 g/mol. The number of benzene rings is 2. The minimum Gasteiger partial charge on any atom is -0.496 e. The number of aromatic nitrogens is 1. The van der Waals surface area contributed by atoms with E-state index in [1.165, 1.54) is 0 Å². The summed E-state index contributed by atoms with van der Waals surface area (Å²) in [5.74, 6) is 1.20. The quantitative estimate of drug-likeness (QED) is 0.537. The summed E-state index contributed by atoms with van der Waals surface area (Å²) >= 11 is 0. The number of aliphatic hydroxyl groups excluding tert-OH is 1. The molecule has 0 atom stereocenters. The van der Waals surface area contributed by atoms with E-state index in [2.05, 4.69) is 21.7 Å². The first-order chi connectivity index (χ1) is 15.6. The summed E-state index contributed by atoms with van der Waals surface area (Å²) in [4.78, 5) is 14.1. The van der Waals surface area contributed by atoms with Gasteiger partial charge in [0.2, 0.25) is 5.91 Å². The zero-order valence-corrected chi connectivity index (χ0v) is 18.5. The van der Waals surface area contributed by atoms with Gasteiger partial charge in [0.05, 0.1) is 13.7 Å². The largest absolute Gasteiger partial charge is 0.496 e. The topological polar surface area (TPSA) is 89.9 Å². The van der Waals surface area contributed by atoms with E-state index in [0.29, 0.717) is 11.6 Å². The van der Waals surface area contributed by atoms with E-state index in [4.69, 9.17) is 20.3 Å². The average Bonchev–Trinajstić information content (AvgIpc) is 3.25. The normalized spacial score (nSPS) is 15.2. The van der Waals surface area contributed by atoms with Gasteiger partial charge in [-0.25, -0.2) is 0 Å². The molecule has 1 aromatic heterocycles. The van der Waals surface area contributed by atoms with E-state index in [1.807, 2.05) is 30.3 Å². The Balaban J connectivity index is 1.40. The van der Waals surface area contributed by atoms with Crippen LogP contribution in [-0.2, 0) is 6.42 Å². The van der Waals surface area contributed by atoms with E-state index in [0.717, 1.165) is 66.9 Å². The molecule has 170 valence electrons. The number of piperidine rings is 1. The summed E-state index contributed by atoms with van der Waals surface area (Å²) in [6.45, 7) is 3.18. The average molecular weight is 438 g/mol. The van der Waals surface area contributed by atoms with E-state index in [9.17, 15) is 4.79 Å². The highest BCUT2D eigenvalue weighted by Gasteiger charge is 2.22. The molecule has 3 N–H and O–H groups in total. The Hall–Kier alpha value is -3.03. The number of carbonyl (C=O) groups excluding carboxylic acids is 1. The number of hydrogen-bond acceptors (Lipinski definition) is 5. The van der Waals surface area contributed by atoms with E-state index < -0.39 is 5.91 Å². The summed E-state index contributed by atoms with van der Waals surface area (Å²) < 4.78 is 13.6. The lowest BCUT2D eigenvalue weighted by Gasteiger charge is -2.33. The monoisotopic (exact) mass is 437 g/mol. The van der Waals surface area contributed by atoms with Gasteiger partial charge < -0.3 is 29.8 Å². The molecule has 3 aromatic rings. The molecule has 32 heavy (non-hydrogen) atoms. The number of likely N-dealkylation sites (tertiary alicyclic amines) is 1. The van der Waals surface area contributed by atoms with Crippen molar-refractivity contribution in [2.75, 3.05) is 40.0 Å². The Morgan fingerprint density at radius 3 is 2.66 bits per heavy atom. The molecule has 0 radical (unpaired) electrons. The number of amides is 1. The maximum atomic E-state index is 11.6. The zero-order valence-electron chi connectivity index (χ0n) is 18.5. The third-order valence-electron chi connectivity index (χ3n) is 6.30. The van der Waals surface area contributed by atoms with Crippen LogP contribution in [0.2, 0.25) is 0 Å². The molecular formula is C25H31N3O4. The van der Waals surface area contributed by atoms with Crippen LogP contribution in [0.15, 0.2) is 48.7 Å². The third kappa shape index (κ3) is 4.74. The fraction of sp³-hybridized carbons (Fsp3) is 0.400. The number of fused-ring (bicyclic) bond motifs is 1. The first kappa shape index (κ1) is 22.2. The lowest BCUT2D eigenvalue weighted by molar-refractivity contribution is 0.100. The first-order valence-corrected chi connectivity index (χ1v) is 11.1. The van der Waals surface area contributed by atoms with Gasteiger partial charge in [0, 0.05) is 48.5 Å². The molecule has 0 bridgehead atoms. The Morgan fingerprint density at radius 2 is 1.94 bits per heavy atom. The molecule has 0 unspecified atom stereocenters. The molecule has 7 nitrogen and oxygen atoms in total. The second-order valence-corrected chi connectivity index (χ2v) is 8.19. The molecule has 0 aliphatic carbocycles. The van der Waals surface area contributed by atoms with Gasteiger partial charge >= 0.3 is 0 Å². The first-order valence-electron chi connectivity index (χ1n) is 11.1. The summed E-state index contributed by atoms with van der Waals surface area (Å²) in [5, 5.41) is 10.2. The number of rotatable bonds is 9. The number of methoxy groups -OCH3 is 1. The van der Waals surface area contributed by atoms with Gasteiger partial charge in [-0.2, -0.15) is 0 Å². The fourth-order valence-electron chi connectivity index (χ4n) is 4.59. The van der Waals surface area contributed by atoms with Crippen LogP contribution in [0.3, 0.4) is 0 Å². The van der Waals surface area contributed by atoms with Crippen LogP contribution in [0, 0.1) is 0 Å². The van der Waals surface area contributed by atoms with E-state index in [1.54, 1.807) is 13.2 Å². The van der Waals surface area contributed by atoms with Crippen LogP contribution in [0.1, 0.15) is 34.8 Å². The summed E-state index contributed by atoms with van der Waals surface area (Å²) in [6.07, 6.45) is 5.04. The number of hydrogen-bond donors (Lipinski definition) is 2. The second-order valence-electron chi connectivity index (χ2n) is 8.19. The van der Waals surface area contributed by atoms with Crippen LogP contribution in [-0.4, -0.2) is 60.4 Å². The molecule has 2 heterocycles. The molecule has 0 spiro atoms. The van der Waals surface area contributed by atoms with Crippen molar-refractivity contribution in [1.29, 1.82) is 0 Å². The molecule has 1 fully saturated rings. The molecule has 1 aliphatic rings. The molecule has 4 rings (SSSR count). The fourth-order valence-corrected chi connectivity index (χ4v) is 4.59. The van der Waals surface area contributed by atoms with Crippen LogP contribution < -0.4 is 15.2 Å². The van der Waals surface area contributed by atoms with Gasteiger partial charge in [0.1, 0.15) is 18.1 Å².